The molecule has 0 aromatic carbocycles. The largest absolute Gasteiger partial charge is 0.388 e. The predicted molar refractivity (Wildman–Crippen MR) is 63.0 cm³/mol. The highest BCUT2D eigenvalue weighted by Crippen LogP contribution is 2.18. The number of aromatic nitrogens is 1. The van der Waals surface area contributed by atoms with E-state index in [-0.39, 0.29) is 6.10 Å². The number of rotatable bonds is 5. The van der Waals surface area contributed by atoms with Gasteiger partial charge in [0.25, 0.3) is 0 Å². The van der Waals surface area contributed by atoms with E-state index >= 15 is 0 Å². The Kier molecular flexibility index (Phi) is 4.56. The van der Waals surface area contributed by atoms with E-state index in [2.05, 4.69) is 23.7 Å². The second kappa shape index (κ2) is 5.71. The van der Waals surface area contributed by atoms with Crippen molar-refractivity contribution < 1.29 is 5.11 Å². The van der Waals surface area contributed by atoms with E-state index in [9.17, 15) is 5.11 Å². The number of anilines is 1. The molecule has 3 heteroatoms. The minimum Gasteiger partial charge on any atom is -0.388 e. The maximum Gasteiger partial charge on any atom is 0.128 e. The van der Waals surface area contributed by atoms with E-state index < -0.39 is 0 Å². The summed E-state index contributed by atoms with van der Waals surface area (Å²) >= 11 is 0. The molecule has 1 rings (SSSR count). The molecule has 0 aliphatic rings. The first-order chi connectivity index (χ1) is 7.22. The van der Waals surface area contributed by atoms with Crippen molar-refractivity contribution in [2.45, 2.75) is 33.3 Å². The maximum atomic E-state index is 9.62. The molecule has 0 radical (unpaired) electrons. The summed E-state index contributed by atoms with van der Waals surface area (Å²) in [5, 5.41) is 9.62. The molecule has 0 saturated carbocycles. The third-order valence-corrected chi connectivity index (χ3v) is 2.63. The highest BCUT2D eigenvalue weighted by Gasteiger charge is 2.07. The average Bonchev–Trinajstić information content (AvgIpc) is 2.30. The average molecular weight is 208 g/mol. The first-order valence-corrected chi connectivity index (χ1v) is 5.61. The summed E-state index contributed by atoms with van der Waals surface area (Å²) in [6, 6.07) is 3.93. The van der Waals surface area contributed by atoms with Crippen LogP contribution in [0.3, 0.4) is 0 Å². The van der Waals surface area contributed by atoms with Gasteiger partial charge in [0.05, 0.1) is 6.10 Å². The van der Waals surface area contributed by atoms with Gasteiger partial charge in [0.1, 0.15) is 5.82 Å². The Hall–Kier alpha value is -1.09. The smallest absolute Gasteiger partial charge is 0.128 e. The van der Waals surface area contributed by atoms with Gasteiger partial charge >= 0.3 is 0 Å². The molecule has 1 N–H and O–H groups in total. The van der Waals surface area contributed by atoms with Crippen LogP contribution < -0.4 is 4.90 Å². The van der Waals surface area contributed by atoms with Crippen molar-refractivity contribution >= 4 is 5.82 Å². The van der Waals surface area contributed by atoms with Gasteiger partial charge in [-0.25, -0.2) is 4.98 Å². The lowest BCUT2D eigenvalue weighted by molar-refractivity contribution is 0.173. The Balaban J connectivity index is 2.79. The van der Waals surface area contributed by atoms with Crippen molar-refractivity contribution in [3.8, 4) is 0 Å². The van der Waals surface area contributed by atoms with Crippen LogP contribution in [0.2, 0.25) is 0 Å². The Bertz CT molecular complexity index is 280. The number of hydrogen-bond donors (Lipinski definition) is 1. The molecule has 0 saturated heterocycles. The Labute approximate surface area is 91.8 Å². The summed E-state index contributed by atoms with van der Waals surface area (Å²) in [5.41, 5.74) is 0.897. The molecule has 0 fully saturated rings. The molecule has 1 aromatic heterocycles. The Morgan fingerprint density at radius 1 is 1.27 bits per heavy atom. The highest BCUT2D eigenvalue weighted by atomic mass is 16.3. The molecule has 1 heterocycles. The van der Waals surface area contributed by atoms with Crippen LogP contribution in [0.1, 0.15) is 38.9 Å². The number of aliphatic hydroxyl groups excluding tert-OH is 1. The van der Waals surface area contributed by atoms with Gasteiger partial charge in [-0.05, 0) is 31.9 Å². The summed E-state index contributed by atoms with van der Waals surface area (Å²) in [6.45, 7) is 8.10. The molecule has 0 spiro atoms. The molecular formula is C12H20N2O. The van der Waals surface area contributed by atoms with Crippen molar-refractivity contribution in [3.63, 3.8) is 0 Å². The maximum absolute atomic E-state index is 9.62. The van der Waals surface area contributed by atoms with Gasteiger partial charge in [0.15, 0.2) is 0 Å². The lowest BCUT2D eigenvalue weighted by atomic mass is 10.1. The molecule has 0 unspecified atom stereocenters. The van der Waals surface area contributed by atoms with Gasteiger partial charge in [0.2, 0.25) is 0 Å². The zero-order chi connectivity index (χ0) is 11.3. The van der Waals surface area contributed by atoms with E-state index in [1.807, 2.05) is 19.1 Å². The van der Waals surface area contributed by atoms with Crippen LogP contribution in [0, 0.1) is 0 Å². The van der Waals surface area contributed by atoms with Crippen LogP contribution in [0.5, 0.6) is 0 Å². The topological polar surface area (TPSA) is 36.4 Å². The van der Waals surface area contributed by atoms with Gasteiger partial charge in [-0.1, -0.05) is 13.0 Å². The number of aliphatic hydroxyl groups is 1. The van der Waals surface area contributed by atoms with Gasteiger partial charge < -0.3 is 10.0 Å². The third kappa shape index (κ3) is 2.93. The van der Waals surface area contributed by atoms with E-state index in [1.165, 1.54) is 0 Å². The minimum atomic E-state index is -0.386. The number of hydrogen-bond acceptors (Lipinski definition) is 3. The number of pyridine rings is 1. The molecule has 3 nitrogen and oxygen atoms in total. The molecule has 0 amide bonds. The lowest BCUT2D eigenvalue weighted by Gasteiger charge is -2.20. The highest BCUT2D eigenvalue weighted by molar-refractivity contribution is 5.39. The summed E-state index contributed by atoms with van der Waals surface area (Å²) in [4.78, 5) is 6.54. The van der Waals surface area contributed by atoms with Crippen LogP contribution >= 0.6 is 0 Å². The molecule has 84 valence electrons. The van der Waals surface area contributed by atoms with Crippen LogP contribution in [-0.2, 0) is 0 Å². The first-order valence-electron chi connectivity index (χ1n) is 5.61. The molecule has 1 atom stereocenters. The van der Waals surface area contributed by atoms with Gasteiger partial charge in [-0.3, -0.25) is 0 Å². The fourth-order valence-corrected chi connectivity index (χ4v) is 1.56. The van der Waals surface area contributed by atoms with Crippen molar-refractivity contribution in [2.75, 3.05) is 18.0 Å². The second-order valence-corrected chi connectivity index (χ2v) is 3.55. The molecule has 0 aliphatic heterocycles. The van der Waals surface area contributed by atoms with E-state index in [1.54, 1.807) is 6.20 Å². The predicted octanol–water partition coefficient (Wildman–Crippen LogP) is 2.37. The van der Waals surface area contributed by atoms with E-state index in [0.29, 0.717) is 0 Å². The van der Waals surface area contributed by atoms with Crippen LogP contribution in [0.25, 0.3) is 0 Å². The SMILES string of the molecule is CC[C@@H](O)c1ccc(N(CC)CC)nc1. The van der Waals surface area contributed by atoms with Crippen molar-refractivity contribution in [1.82, 2.24) is 4.98 Å². The summed E-state index contributed by atoms with van der Waals surface area (Å²) < 4.78 is 0. The standard InChI is InChI=1S/C12H20N2O/c1-4-11(15)10-7-8-12(13-9-10)14(5-2)6-3/h7-9,11,15H,4-6H2,1-3H3/t11-/m1/s1. The molecular weight excluding hydrogens is 188 g/mol. The summed E-state index contributed by atoms with van der Waals surface area (Å²) in [6.07, 6.45) is 2.11. The van der Waals surface area contributed by atoms with Crippen molar-refractivity contribution in [2.24, 2.45) is 0 Å². The summed E-state index contributed by atoms with van der Waals surface area (Å²) in [7, 11) is 0. The van der Waals surface area contributed by atoms with Gasteiger partial charge in [0, 0.05) is 19.3 Å². The van der Waals surface area contributed by atoms with Crippen LogP contribution in [-0.4, -0.2) is 23.2 Å². The van der Waals surface area contributed by atoms with Crippen LogP contribution in [0.4, 0.5) is 5.82 Å². The van der Waals surface area contributed by atoms with E-state index in [0.717, 1.165) is 30.9 Å². The third-order valence-electron chi connectivity index (χ3n) is 2.63. The van der Waals surface area contributed by atoms with Crippen molar-refractivity contribution in [1.29, 1.82) is 0 Å². The zero-order valence-corrected chi connectivity index (χ0v) is 9.77. The summed E-state index contributed by atoms with van der Waals surface area (Å²) in [5.74, 6) is 0.979. The first kappa shape index (κ1) is 12.0. The Morgan fingerprint density at radius 3 is 2.33 bits per heavy atom. The lowest BCUT2D eigenvalue weighted by Crippen LogP contribution is -2.22. The van der Waals surface area contributed by atoms with Crippen LogP contribution in [0.15, 0.2) is 18.3 Å². The normalized spacial score (nSPS) is 12.5. The quantitative estimate of drug-likeness (QED) is 0.807. The molecule has 1 aromatic rings. The fourth-order valence-electron chi connectivity index (χ4n) is 1.56. The Morgan fingerprint density at radius 2 is 1.93 bits per heavy atom. The fraction of sp³-hybridized carbons (Fsp3) is 0.583. The van der Waals surface area contributed by atoms with Crippen molar-refractivity contribution in [3.05, 3.63) is 23.9 Å². The van der Waals surface area contributed by atoms with Gasteiger partial charge in [-0.15, -0.1) is 0 Å². The molecule has 0 bridgehead atoms. The molecule has 15 heavy (non-hydrogen) atoms. The number of nitrogens with zero attached hydrogens (tertiary/aromatic N) is 2. The van der Waals surface area contributed by atoms with E-state index in [4.69, 9.17) is 0 Å². The minimum absolute atomic E-state index is 0.386. The monoisotopic (exact) mass is 208 g/mol. The van der Waals surface area contributed by atoms with Gasteiger partial charge in [-0.2, -0.15) is 0 Å². The zero-order valence-electron chi connectivity index (χ0n) is 9.77. The second-order valence-electron chi connectivity index (χ2n) is 3.55. The molecule has 0 aliphatic carbocycles.